The van der Waals surface area contributed by atoms with Gasteiger partial charge in [-0.15, -0.1) is 0 Å². The third kappa shape index (κ3) is 3.19. The Morgan fingerprint density at radius 2 is 2.29 bits per heavy atom. The lowest BCUT2D eigenvalue weighted by molar-refractivity contribution is 0.0693. The van der Waals surface area contributed by atoms with Gasteiger partial charge in [0.2, 0.25) is 0 Å². The van der Waals surface area contributed by atoms with Crippen LogP contribution in [0.3, 0.4) is 0 Å². The van der Waals surface area contributed by atoms with E-state index in [4.69, 9.17) is 23.1 Å². The van der Waals surface area contributed by atoms with E-state index in [-0.39, 0.29) is 6.61 Å². The van der Waals surface area contributed by atoms with Crippen molar-refractivity contribution in [3.63, 3.8) is 0 Å². The Labute approximate surface area is 91.3 Å². The van der Waals surface area contributed by atoms with Crippen LogP contribution in [0.2, 0.25) is 0 Å². The van der Waals surface area contributed by atoms with Crippen LogP contribution in [0.15, 0.2) is 0 Å². The van der Waals surface area contributed by atoms with E-state index >= 15 is 0 Å². The molecule has 0 heterocycles. The van der Waals surface area contributed by atoms with Gasteiger partial charge in [0.15, 0.2) is 0 Å². The largest absolute Gasteiger partial charge is 0.395 e. The van der Waals surface area contributed by atoms with Gasteiger partial charge in [-0.2, -0.15) is 0 Å². The lowest BCUT2D eigenvalue weighted by Gasteiger charge is -2.41. The smallest absolute Gasteiger partial charge is 0.0742 e. The second-order valence-electron chi connectivity index (χ2n) is 4.07. The zero-order valence-corrected chi connectivity index (χ0v) is 9.59. The van der Waals surface area contributed by atoms with Crippen molar-refractivity contribution in [2.24, 2.45) is 5.73 Å². The summed E-state index contributed by atoms with van der Waals surface area (Å²) in [6.07, 6.45) is 4.57. The van der Waals surface area contributed by atoms with Crippen molar-refractivity contribution in [3.8, 4) is 0 Å². The fourth-order valence-corrected chi connectivity index (χ4v) is 2.25. The lowest BCUT2D eigenvalue weighted by Crippen LogP contribution is -2.47. The molecule has 1 unspecified atom stereocenters. The Bertz CT molecular complexity index is 195. The molecule has 1 aliphatic rings. The summed E-state index contributed by atoms with van der Waals surface area (Å²) >= 11 is 4.90. The molecule has 0 spiro atoms. The lowest BCUT2D eigenvalue weighted by atomic mass is 9.90. The van der Waals surface area contributed by atoms with Gasteiger partial charge in [0.1, 0.15) is 0 Å². The standard InChI is InChI=1S/C10H20N2OS/c1-8(7-10(11)14)12(5-6-13)9-3-2-4-9/h8-9,13H,2-7H2,1H3,(H2,11,14). The molecular formula is C10H20N2OS. The summed E-state index contributed by atoms with van der Waals surface area (Å²) in [5.74, 6) is 0. The predicted octanol–water partition coefficient (Wildman–Crippen LogP) is 0.898. The first-order chi connectivity index (χ1) is 6.65. The van der Waals surface area contributed by atoms with Gasteiger partial charge in [-0.05, 0) is 19.8 Å². The molecule has 0 aliphatic heterocycles. The van der Waals surface area contributed by atoms with Gasteiger partial charge in [0.05, 0.1) is 11.6 Å². The van der Waals surface area contributed by atoms with Crippen molar-refractivity contribution in [3.05, 3.63) is 0 Å². The molecule has 3 nitrogen and oxygen atoms in total. The highest BCUT2D eigenvalue weighted by molar-refractivity contribution is 7.80. The number of aliphatic hydroxyl groups is 1. The first kappa shape index (κ1) is 11.9. The maximum absolute atomic E-state index is 8.98. The second-order valence-corrected chi connectivity index (χ2v) is 4.59. The van der Waals surface area contributed by atoms with E-state index in [1.54, 1.807) is 0 Å². The van der Waals surface area contributed by atoms with Gasteiger partial charge in [-0.1, -0.05) is 18.6 Å². The SMILES string of the molecule is CC(CC(N)=S)N(CCO)C1CCC1. The normalized spacial score (nSPS) is 19.4. The van der Waals surface area contributed by atoms with Crippen LogP contribution >= 0.6 is 12.2 Å². The minimum atomic E-state index is 0.220. The van der Waals surface area contributed by atoms with Crippen molar-refractivity contribution in [1.82, 2.24) is 4.90 Å². The Morgan fingerprint density at radius 1 is 1.64 bits per heavy atom. The van der Waals surface area contributed by atoms with Crippen LogP contribution in [0.25, 0.3) is 0 Å². The van der Waals surface area contributed by atoms with E-state index in [0.717, 1.165) is 13.0 Å². The molecule has 82 valence electrons. The fourth-order valence-electron chi connectivity index (χ4n) is 2.01. The summed E-state index contributed by atoms with van der Waals surface area (Å²) in [5, 5.41) is 8.98. The molecule has 3 N–H and O–H groups in total. The third-order valence-electron chi connectivity index (χ3n) is 2.96. The second kappa shape index (κ2) is 5.63. The summed E-state index contributed by atoms with van der Waals surface area (Å²) in [6, 6.07) is 1.01. The number of nitrogens with zero attached hydrogens (tertiary/aromatic N) is 1. The van der Waals surface area contributed by atoms with E-state index in [1.165, 1.54) is 19.3 Å². The third-order valence-corrected chi connectivity index (χ3v) is 3.13. The van der Waals surface area contributed by atoms with Crippen LogP contribution in [0.4, 0.5) is 0 Å². The molecule has 0 aromatic carbocycles. The molecule has 0 bridgehead atoms. The molecule has 0 aromatic rings. The molecular weight excluding hydrogens is 196 g/mol. The molecule has 0 radical (unpaired) electrons. The minimum Gasteiger partial charge on any atom is -0.395 e. The van der Waals surface area contributed by atoms with E-state index in [9.17, 15) is 0 Å². The van der Waals surface area contributed by atoms with Gasteiger partial charge in [-0.3, -0.25) is 4.90 Å². The average molecular weight is 216 g/mol. The Morgan fingerprint density at radius 3 is 2.64 bits per heavy atom. The summed E-state index contributed by atoms with van der Waals surface area (Å²) in [5.41, 5.74) is 5.53. The van der Waals surface area contributed by atoms with Gasteiger partial charge in [0, 0.05) is 25.0 Å². The van der Waals surface area contributed by atoms with Crippen molar-refractivity contribution < 1.29 is 5.11 Å². The highest BCUT2D eigenvalue weighted by Gasteiger charge is 2.27. The summed E-state index contributed by atoms with van der Waals surface area (Å²) in [4.78, 5) is 2.91. The van der Waals surface area contributed by atoms with Crippen molar-refractivity contribution in [2.75, 3.05) is 13.2 Å². The van der Waals surface area contributed by atoms with E-state index in [1.807, 2.05) is 0 Å². The molecule has 1 saturated carbocycles. The average Bonchev–Trinajstić information content (AvgIpc) is 1.98. The highest BCUT2D eigenvalue weighted by Crippen LogP contribution is 2.26. The van der Waals surface area contributed by atoms with Gasteiger partial charge >= 0.3 is 0 Å². The van der Waals surface area contributed by atoms with Crippen LogP contribution in [0.5, 0.6) is 0 Å². The van der Waals surface area contributed by atoms with Crippen LogP contribution in [-0.4, -0.2) is 40.2 Å². The number of aliphatic hydroxyl groups excluding tert-OH is 1. The quantitative estimate of drug-likeness (QED) is 0.648. The Kier molecular flexibility index (Phi) is 4.78. The minimum absolute atomic E-state index is 0.220. The number of hydrogen-bond acceptors (Lipinski definition) is 3. The van der Waals surface area contributed by atoms with Gasteiger partial charge in [0.25, 0.3) is 0 Å². The molecule has 1 aliphatic carbocycles. The molecule has 0 amide bonds. The zero-order valence-electron chi connectivity index (χ0n) is 8.78. The fraction of sp³-hybridized carbons (Fsp3) is 0.900. The molecule has 0 saturated heterocycles. The van der Waals surface area contributed by atoms with E-state index in [0.29, 0.717) is 17.1 Å². The Hall–Kier alpha value is -0.190. The predicted molar refractivity (Wildman–Crippen MR) is 62.3 cm³/mol. The first-order valence-electron chi connectivity index (χ1n) is 5.30. The number of hydrogen-bond donors (Lipinski definition) is 2. The molecule has 0 aromatic heterocycles. The first-order valence-corrected chi connectivity index (χ1v) is 5.71. The highest BCUT2D eigenvalue weighted by atomic mass is 32.1. The van der Waals surface area contributed by atoms with Crippen molar-refractivity contribution in [1.29, 1.82) is 0 Å². The van der Waals surface area contributed by atoms with Gasteiger partial charge < -0.3 is 10.8 Å². The topological polar surface area (TPSA) is 49.5 Å². The van der Waals surface area contributed by atoms with Crippen molar-refractivity contribution in [2.45, 2.75) is 44.7 Å². The summed E-state index contributed by atoms with van der Waals surface area (Å²) < 4.78 is 0. The van der Waals surface area contributed by atoms with E-state index in [2.05, 4.69) is 11.8 Å². The Balaban J connectivity index is 2.42. The van der Waals surface area contributed by atoms with Crippen LogP contribution < -0.4 is 5.73 Å². The summed E-state index contributed by atoms with van der Waals surface area (Å²) in [6.45, 7) is 3.10. The number of thiocarbonyl (C=S) groups is 1. The van der Waals surface area contributed by atoms with Crippen LogP contribution in [0.1, 0.15) is 32.6 Å². The van der Waals surface area contributed by atoms with Crippen LogP contribution in [0, 0.1) is 0 Å². The maximum atomic E-state index is 8.98. The van der Waals surface area contributed by atoms with Crippen molar-refractivity contribution >= 4 is 17.2 Å². The monoisotopic (exact) mass is 216 g/mol. The van der Waals surface area contributed by atoms with Crippen LogP contribution in [-0.2, 0) is 0 Å². The molecule has 14 heavy (non-hydrogen) atoms. The molecule has 1 rings (SSSR count). The summed E-state index contributed by atoms with van der Waals surface area (Å²) in [7, 11) is 0. The molecule has 4 heteroatoms. The zero-order chi connectivity index (χ0) is 10.6. The molecule has 1 fully saturated rings. The number of rotatable bonds is 6. The maximum Gasteiger partial charge on any atom is 0.0742 e. The van der Waals surface area contributed by atoms with E-state index < -0.39 is 0 Å². The molecule has 1 atom stereocenters. The number of nitrogens with two attached hydrogens (primary N) is 1. The van der Waals surface area contributed by atoms with Gasteiger partial charge in [-0.25, -0.2) is 0 Å².